The number of aromatic nitrogens is 3. The van der Waals surface area contributed by atoms with E-state index in [2.05, 4.69) is 73.0 Å². The molecule has 3 aromatic rings. The van der Waals surface area contributed by atoms with Gasteiger partial charge in [0.15, 0.2) is 11.7 Å². The predicted octanol–water partition coefficient (Wildman–Crippen LogP) is 3.00. The summed E-state index contributed by atoms with van der Waals surface area (Å²) in [7, 11) is 1.81. The van der Waals surface area contributed by atoms with Gasteiger partial charge in [0.05, 0.1) is 6.26 Å². The van der Waals surface area contributed by atoms with E-state index >= 15 is 0 Å². The Bertz CT molecular complexity index is 943. The highest BCUT2D eigenvalue weighted by Gasteiger charge is 2.24. The number of H-pyrrole nitrogens is 1. The van der Waals surface area contributed by atoms with Gasteiger partial charge in [0, 0.05) is 45.2 Å². The average molecular weight is 422 g/mol. The molecule has 1 aliphatic heterocycles. The third-order valence-electron chi connectivity index (χ3n) is 5.85. The first-order chi connectivity index (χ1) is 15.2. The number of aromatic amines is 1. The standard InChI is InChI=1S/C23H31N7O/c1-17(18-7-4-3-5-8-18)30-14-11-19(12-15-30)26-23(24-2)25-13-10-21-27-22(29-28-21)20-9-6-16-31-20/h3-9,16-17,19H,10-15H2,1-2H3,(H2,24,25,26)(H,27,28,29). The Kier molecular flexibility index (Phi) is 6.99. The number of guanidine groups is 1. The lowest BCUT2D eigenvalue weighted by atomic mass is 10.0. The van der Waals surface area contributed by atoms with Crippen molar-refractivity contribution >= 4 is 5.96 Å². The molecule has 4 rings (SSSR count). The number of furan rings is 1. The molecule has 3 N–H and O–H groups in total. The monoisotopic (exact) mass is 421 g/mol. The second-order valence-corrected chi connectivity index (χ2v) is 7.87. The van der Waals surface area contributed by atoms with E-state index in [0.29, 0.717) is 23.7 Å². The Morgan fingerprint density at radius 2 is 2.03 bits per heavy atom. The maximum Gasteiger partial charge on any atom is 0.216 e. The van der Waals surface area contributed by atoms with Crippen LogP contribution in [0.4, 0.5) is 0 Å². The number of nitrogens with one attached hydrogen (secondary N) is 3. The minimum absolute atomic E-state index is 0.432. The van der Waals surface area contributed by atoms with Crippen molar-refractivity contribution in [3.05, 3.63) is 60.1 Å². The minimum Gasteiger partial charge on any atom is -0.461 e. The molecule has 1 atom stereocenters. The summed E-state index contributed by atoms with van der Waals surface area (Å²) in [4.78, 5) is 11.4. The summed E-state index contributed by atoms with van der Waals surface area (Å²) >= 11 is 0. The summed E-state index contributed by atoms with van der Waals surface area (Å²) in [6.45, 7) is 5.18. The van der Waals surface area contributed by atoms with Crippen molar-refractivity contribution < 1.29 is 4.42 Å². The van der Waals surface area contributed by atoms with Crippen LogP contribution in [-0.4, -0.2) is 58.8 Å². The second-order valence-electron chi connectivity index (χ2n) is 7.87. The molecule has 8 nitrogen and oxygen atoms in total. The van der Waals surface area contributed by atoms with Gasteiger partial charge in [-0.2, -0.15) is 5.10 Å². The molecule has 8 heteroatoms. The maximum absolute atomic E-state index is 5.33. The number of hydrogen-bond donors (Lipinski definition) is 3. The molecule has 1 unspecified atom stereocenters. The number of nitrogens with zero attached hydrogens (tertiary/aromatic N) is 4. The molecule has 31 heavy (non-hydrogen) atoms. The smallest absolute Gasteiger partial charge is 0.216 e. The number of benzene rings is 1. The first-order valence-electron chi connectivity index (χ1n) is 10.9. The molecule has 1 aromatic carbocycles. The zero-order valence-electron chi connectivity index (χ0n) is 18.2. The molecule has 3 heterocycles. The number of piperidine rings is 1. The van der Waals surface area contributed by atoms with Gasteiger partial charge in [-0.1, -0.05) is 30.3 Å². The molecule has 0 amide bonds. The zero-order chi connectivity index (χ0) is 21.5. The summed E-state index contributed by atoms with van der Waals surface area (Å²) in [5.74, 6) is 2.90. The highest BCUT2D eigenvalue weighted by Crippen LogP contribution is 2.24. The van der Waals surface area contributed by atoms with Gasteiger partial charge in [-0.25, -0.2) is 4.98 Å². The highest BCUT2D eigenvalue weighted by molar-refractivity contribution is 5.79. The first-order valence-corrected chi connectivity index (χ1v) is 10.9. The van der Waals surface area contributed by atoms with Gasteiger partial charge in [-0.3, -0.25) is 15.0 Å². The molecule has 2 aromatic heterocycles. The van der Waals surface area contributed by atoms with Crippen molar-refractivity contribution in [1.82, 2.24) is 30.7 Å². The lowest BCUT2D eigenvalue weighted by Crippen LogP contribution is -2.49. The van der Waals surface area contributed by atoms with Crippen LogP contribution in [0.1, 0.15) is 37.2 Å². The van der Waals surface area contributed by atoms with Crippen LogP contribution in [0.2, 0.25) is 0 Å². The third-order valence-corrected chi connectivity index (χ3v) is 5.85. The van der Waals surface area contributed by atoms with E-state index in [9.17, 15) is 0 Å². The molecule has 1 fully saturated rings. The molecule has 1 aliphatic rings. The number of hydrogen-bond acceptors (Lipinski definition) is 5. The van der Waals surface area contributed by atoms with E-state index in [1.165, 1.54) is 5.56 Å². The normalized spacial score (nSPS) is 16.9. The van der Waals surface area contributed by atoms with Gasteiger partial charge in [-0.05, 0) is 37.5 Å². The van der Waals surface area contributed by atoms with Crippen molar-refractivity contribution in [2.24, 2.45) is 4.99 Å². The van der Waals surface area contributed by atoms with Crippen LogP contribution in [-0.2, 0) is 6.42 Å². The van der Waals surface area contributed by atoms with Gasteiger partial charge in [-0.15, -0.1) is 0 Å². The summed E-state index contributed by atoms with van der Waals surface area (Å²) in [5.41, 5.74) is 1.38. The van der Waals surface area contributed by atoms with Gasteiger partial charge < -0.3 is 15.1 Å². The highest BCUT2D eigenvalue weighted by atomic mass is 16.3. The topological polar surface area (TPSA) is 94.4 Å². The molecule has 1 saturated heterocycles. The quantitative estimate of drug-likeness (QED) is 0.401. The van der Waals surface area contributed by atoms with Crippen molar-refractivity contribution in [3.63, 3.8) is 0 Å². The molecular formula is C23H31N7O. The fourth-order valence-corrected chi connectivity index (χ4v) is 3.98. The van der Waals surface area contributed by atoms with E-state index in [1.807, 2.05) is 19.2 Å². The van der Waals surface area contributed by atoms with Crippen molar-refractivity contribution in [2.45, 2.75) is 38.3 Å². The van der Waals surface area contributed by atoms with Gasteiger partial charge in [0.25, 0.3) is 0 Å². The first kappa shape index (κ1) is 21.1. The average Bonchev–Trinajstić information content (AvgIpc) is 3.51. The molecule has 0 bridgehead atoms. The van der Waals surface area contributed by atoms with Gasteiger partial charge in [0.1, 0.15) is 5.82 Å². The van der Waals surface area contributed by atoms with E-state index in [1.54, 1.807) is 6.26 Å². The number of aliphatic imine (C=N–C) groups is 1. The Hall–Kier alpha value is -3.13. The van der Waals surface area contributed by atoms with E-state index in [-0.39, 0.29) is 0 Å². The molecule has 0 radical (unpaired) electrons. The largest absolute Gasteiger partial charge is 0.461 e. The van der Waals surface area contributed by atoms with E-state index < -0.39 is 0 Å². The lowest BCUT2D eigenvalue weighted by Gasteiger charge is -2.37. The van der Waals surface area contributed by atoms with Crippen LogP contribution < -0.4 is 10.6 Å². The van der Waals surface area contributed by atoms with Crippen LogP contribution in [0.5, 0.6) is 0 Å². The molecular weight excluding hydrogens is 390 g/mol. The van der Waals surface area contributed by atoms with Crippen molar-refractivity contribution in [3.8, 4) is 11.6 Å². The number of rotatable bonds is 7. The van der Waals surface area contributed by atoms with Crippen molar-refractivity contribution in [2.75, 3.05) is 26.7 Å². The molecule has 0 spiro atoms. The summed E-state index contributed by atoms with van der Waals surface area (Å²) < 4.78 is 5.33. The molecule has 164 valence electrons. The van der Waals surface area contributed by atoms with Crippen LogP contribution in [0, 0.1) is 0 Å². The molecule has 0 aliphatic carbocycles. The van der Waals surface area contributed by atoms with Crippen LogP contribution >= 0.6 is 0 Å². The van der Waals surface area contributed by atoms with Crippen molar-refractivity contribution in [1.29, 1.82) is 0 Å². The zero-order valence-corrected chi connectivity index (χ0v) is 18.2. The van der Waals surface area contributed by atoms with Gasteiger partial charge >= 0.3 is 0 Å². The summed E-state index contributed by atoms with van der Waals surface area (Å²) in [5, 5.41) is 14.1. The Morgan fingerprint density at radius 3 is 2.74 bits per heavy atom. The third kappa shape index (κ3) is 5.52. The fraction of sp³-hybridized carbons (Fsp3) is 0.435. The summed E-state index contributed by atoms with van der Waals surface area (Å²) in [6, 6.07) is 15.3. The van der Waals surface area contributed by atoms with Crippen LogP contribution in [0.15, 0.2) is 58.1 Å². The summed E-state index contributed by atoms with van der Waals surface area (Å²) in [6.07, 6.45) is 4.55. The maximum atomic E-state index is 5.33. The Balaban J connectivity index is 1.20. The van der Waals surface area contributed by atoms with E-state index in [4.69, 9.17) is 4.42 Å². The number of likely N-dealkylation sites (tertiary alicyclic amines) is 1. The SMILES string of the molecule is CN=C(NCCc1nc(-c2ccco2)n[nH]1)NC1CCN(C(C)c2ccccc2)CC1. The lowest BCUT2D eigenvalue weighted by molar-refractivity contribution is 0.158. The second kappa shape index (κ2) is 10.3. The minimum atomic E-state index is 0.432. The van der Waals surface area contributed by atoms with Gasteiger partial charge in [0.2, 0.25) is 5.82 Å². The van der Waals surface area contributed by atoms with Crippen LogP contribution in [0.25, 0.3) is 11.6 Å². The van der Waals surface area contributed by atoms with E-state index in [0.717, 1.165) is 50.7 Å². The van der Waals surface area contributed by atoms with Crippen LogP contribution in [0.3, 0.4) is 0 Å². The molecule has 0 saturated carbocycles. The Labute approximate surface area is 183 Å². The predicted molar refractivity (Wildman–Crippen MR) is 122 cm³/mol. The fourth-order valence-electron chi connectivity index (χ4n) is 3.98. The Morgan fingerprint density at radius 1 is 1.23 bits per heavy atom.